The van der Waals surface area contributed by atoms with Gasteiger partial charge in [0.2, 0.25) is 0 Å². The highest BCUT2D eigenvalue weighted by atomic mass is 19.1. The van der Waals surface area contributed by atoms with E-state index in [1.54, 1.807) is 0 Å². The van der Waals surface area contributed by atoms with Gasteiger partial charge in [0.15, 0.2) is 0 Å². The Kier molecular flexibility index (Phi) is 5.71. The molecule has 0 aliphatic carbocycles. The maximum atomic E-state index is 12.5. The van der Waals surface area contributed by atoms with Crippen LogP contribution in [0.15, 0.2) is 54.6 Å². The Morgan fingerprint density at radius 2 is 0.952 bits per heavy atom. The summed E-state index contributed by atoms with van der Waals surface area (Å²) in [5.74, 6) is -0.169. The Balaban J connectivity index is 0.000000211. The molecule has 0 saturated carbocycles. The summed E-state index contributed by atoms with van der Waals surface area (Å²) in [4.78, 5) is 0. The average molecular weight is 286 g/mol. The highest BCUT2D eigenvalue weighted by Crippen LogP contribution is 2.22. The summed E-state index contributed by atoms with van der Waals surface area (Å²) in [5.41, 5.74) is 2.98. The van der Waals surface area contributed by atoms with Crippen molar-refractivity contribution in [2.24, 2.45) is 0 Å². The quantitative estimate of drug-likeness (QED) is 0.548. The van der Waals surface area contributed by atoms with Crippen LogP contribution in [0.4, 0.5) is 4.39 Å². The highest BCUT2D eigenvalue weighted by molar-refractivity contribution is 5.23. The van der Waals surface area contributed by atoms with Gasteiger partial charge >= 0.3 is 0 Å². The van der Waals surface area contributed by atoms with Gasteiger partial charge in [-0.05, 0) is 34.1 Å². The standard InChI is InChI=1S/C10H13F.C10H14/c1-10(2,3)8-4-6-9(11)7-5-8;1-10(2,3)9-7-5-4-6-8-9/h4-7H,1-3H3;4-8H,1-3H3. The zero-order chi connectivity index (χ0) is 16.1. The molecule has 0 aromatic heterocycles. The molecular formula is C20H27F. The molecule has 0 aliphatic rings. The van der Waals surface area contributed by atoms with Crippen LogP contribution >= 0.6 is 0 Å². The predicted molar refractivity (Wildman–Crippen MR) is 90.2 cm³/mol. The Bertz CT molecular complexity index is 525. The fourth-order valence-electron chi connectivity index (χ4n) is 1.89. The molecule has 2 aromatic carbocycles. The topological polar surface area (TPSA) is 0 Å². The van der Waals surface area contributed by atoms with E-state index < -0.39 is 0 Å². The van der Waals surface area contributed by atoms with Gasteiger partial charge in [0.1, 0.15) is 5.82 Å². The molecule has 0 unspecified atom stereocenters. The zero-order valence-corrected chi connectivity index (χ0v) is 14.1. The summed E-state index contributed by atoms with van der Waals surface area (Å²) in [6.07, 6.45) is 0. The van der Waals surface area contributed by atoms with Crippen molar-refractivity contribution in [3.05, 3.63) is 71.5 Å². The van der Waals surface area contributed by atoms with E-state index in [4.69, 9.17) is 0 Å². The van der Waals surface area contributed by atoms with Crippen LogP contribution in [0.25, 0.3) is 0 Å². The molecule has 2 rings (SSSR count). The van der Waals surface area contributed by atoms with Gasteiger partial charge in [-0.15, -0.1) is 0 Å². The van der Waals surface area contributed by atoms with Crippen LogP contribution in [0.5, 0.6) is 0 Å². The molecule has 0 bridgehead atoms. The lowest BCUT2D eigenvalue weighted by Crippen LogP contribution is -2.10. The van der Waals surface area contributed by atoms with Crippen molar-refractivity contribution < 1.29 is 4.39 Å². The summed E-state index contributed by atoms with van der Waals surface area (Å²) in [6.45, 7) is 13.0. The van der Waals surface area contributed by atoms with Crippen molar-refractivity contribution in [1.82, 2.24) is 0 Å². The van der Waals surface area contributed by atoms with Crippen LogP contribution in [0, 0.1) is 5.82 Å². The van der Waals surface area contributed by atoms with Crippen LogP contribution in [0.3, 0.4) is 0 Å². The molecule has 0 fully saturated rings. The molecule has 0 saturated heterocycles. The Morgan fingerprint density at radius 1 is 0.571 bits per heavy atom. The molecule has 21 heavy (non-hydrogen) atoms. The predicted octanol–water partition coefficient (Wildman–Crippen LogP) is 6.11. The lowest BCUT2D eigenvalue weighted by molar-refractivity contribution is 0.583. The van der Waals surface area contributed by atoms with E-state index in [-0.39, 0.29) is 11.2 Å². The largest absolute Gasteiger partial charge is 0.207 e. The summed E-state index contributed by atoms with van der Waals surface area (Å²) in [7, 11) is 0. The minimum Gasteiger partial charge on any atom is -0.207 e. The molecule has 0 aliphatic heterocycles. The number of rotatable bonds is 0. The minimum atomic E-state index is -0.169. The molecule has 114 valence electrons. The minimum absolute atomic E-state index is 0.119. The average Bonchev–Trinajstić information content (AvgIpc) is 2.39. The van der Waals surface area contributed by atoms with E-state index in [2.05, 4.69) is 71.9 Å². The van der Waals surface area contributed by atoms with Gasteiger partial charge in [-0.25, -0.2) is 4.39 Å². The smallest absolute Gasteiger partial charge is 0.123 e. The Labute approximate surface area is 129 Å². The van der Waals surface area contributed by atoms with E-state index in [1.165, 1.54) is 23.3 Å². The summed E-state index contributed by atoms with van der Waals surface area (Å²) in [5, 5.41) is 0. The van der Waals surface area contributed by atoms with Crippen molar-refractivity contribution in [3.8, 4) is 0 Å². The molecule has 0 spiro atoms. The van der Waals surface area contributed by atoms with Gasteiger partial charge in [-0.2, -0.15) is 0 Å². The van der Waals surface area contributed by atoms with E-state index in [0.29, 0.717) is 5.41 Å². The summed E-state index contributed by atoms with van der Waals surface area (Å²) >= 11 is 0. The first-order valence-electron chi connectivity index (χ1n) is 7.42. The van der Waals surface area contributed by atoms with Gasteiger partial charge in [0.25, 0.3) is 0 Å². The summed E-state index contributed by atoms with van der Waals surface area (Å²) < 4.78 is 12.5. The first-order valence-corrected chi connectivity index (χ1v) is 7.42. The second-order valence-corrected chi connectivity index (χ2v) is 7.37. The first kappa shape index (κ1) is 17.4. The van der Waals surface area contributed by atoms with Gasteiger partial charge in [-0.3, -0.25) is 0 Å². The van der Waals surface area contributed by atoms with E-state index in [9.17, 15) is 4.39 Å². The van der Waals surface area contributed by atoms with Crippen molar-refractivity contribution in [2.75, 3.05) is 0 Å². The third kappa shape index (κ3) is 6.12. The number of hydrogen-bond acceptors (Lipinski definition) is 0. The SMILES string of the molecule is CC(C)(C)c1ccc(F)cc1.CC(C)(C)c1ccccc1. The maximum Gasteiger partial charge on any atom is 0.123 e. The number of benzene rings is 2. The molecule has 1 heteroatoms. The monoisotopic (exact) mass is 286 g/mol. The van der Waals surface area contributed by atoms with Crippen molar-refractivity contribution in [3.63, 3.8) is 0 Å². The molecule has 0 radical (unpaired) electrons. The zero-order valence-electron chi connectivity index (χ0n) is 14.1. The molecular weight excluding hydrogens is 259 g/mol. The summed E-state index contributed by atoms with van der Waals surface area (Å²) in [6, 6.07) is 17.2. The molecule has 0 atom stereocenters. The Morgan fingerprint density at radius 3 is 1.29 bits per heavy atom. The lowest BCUT2D eigenvalue weighted by Gasteiger charge is -2.18. The van der Waals surface area contributed by atoms with Crippen molar-refractivity contribution in [1.29, 1.82) is 0 Å². The molecule has 0 nitrogen and oxygen atoms in total. The fraction of sp³-hybridized carbons (Fsp3) is 0.400. The normalized spacial score (nSPS) is 11.6. The maximum absolute atomic E-state index is 12.5. The van der Waals surface area contributed by atoms with Gasteiger partial charge in [0.05, 0.1) is 0 Å². The number of hydrogen-bond donors (Lipinski definition) is 0. The number of halogens is 1. The molecule has 2 aromatic rings. The first-order chi connectivity index (χ1) is 9.60. The van der Waals surface area contributed by atoms with Crippen molar-refractivity contribution >= 4 is 0 Å². The van der Waals surface area contributed by atoms with Gasteiger partial charge < -0.3 is 0 Å². The lowest BCUT2D eigenvalue weighted by atomic mass is 9.87. The van der Waals surface area contributed by atoms with Crippen molar-refractivity contribution in [2.45, 2.75) is 52.4 Å². The Hall–Kier alpha value is -1.63. The van der Waals surface area contributed by atoms with E-state index >= 15 is 0 Å². The van der Waals surface area contributed by atoms with Crippen LogP contribution < -0.4 is 0 Å². The van der Waals surface area contributed by atoms with Gasteiger partial charge in [0, 0.05) is 0 Å². The van der Waals surface area contributed by atoms with E-state index in [0.717, 1.165) is 0 Å². The third-order valence-electron chi connectivity index (χ3n) is 3.35. The molecule has 0 amide bonds. The highest BCUT2D eigenvalue weighted by Gasteiger charge is 2.12. The molecule has 0 N–H and O–H groups in total. The second kappa shape index (κ2) is 6.89. The van der Waals surface area contributed by atoms with E-state index in [1.807, 2.05) is 12.1 Å². The van der Waals surface area contributed by atoms with Crippen LogP contribution in [-0.2, 0) is 10.8 Å². The van der Waals surface area contributed by atoms with Gasteiger partial charge in [-0.1, -0.05) is 84.0 Å². The third-order valence-corrected chi connectivity index (χ3v) is 3.35. The second-order valence-electron chi connectivity index (χ2n) is 7.37. The fourth-order valence-corrected chi connectivity index (χ4v) is 1.89. The van der Waals surface area contributed by atoms with Crippen LogP contribution in [-0.4, -0.2) is 0 Å². The van der Waals surface area contributed by atoms with Crippen LogP contribution in [0.2, 0.25) is 0 Å². The molecule has 0 heterocycles. The van der Waals surface area contributed by atoms with Crippen LogP contribution in [0.1, 0.15) is 52.7 Å².